The molecule has 0 fully saturated rings. The minimum atomic E-state index is -0.591. The summed E-state index contributed by atoms with van der Waals surface area (Å²) in [4.78, 5) is 23.7. The monoisotopic (exact) mass is 434 g/mol. The third-order valence-corrected chi connectivity index (χ3v) is 5.17. The van der Waals surface area contributed by atoms with Crippen LogP contribution < -0.4 is 10.1 Å². The van der Waals surface area contributed by atoms with Gasteiger partial charge in [-0.1, -0.05) is 12.1 Å². The number of allylic oxidation sites excluding steroid dienone is 1. The first-order chi connectivity index (χ1) is 15.5. The number of rotatable bonds is 7. The topological polar surface area (TPSA) is 112 Å². The van der Waals surface area contributed by atoms with Gasteiger partial charge >= 0.3 is 6.09 Å². The van der Waals surface area contributed by atoms with Crippen molar-refractivity contribution >= 4 is 28.8 Å². The van der Waals surface area contributed by atoms with Crippen molar-refractivity contribution in [2.45, 2.75) is 20.3 Å². The van der Waals surface area contributed by atoms with E-state index in [0.29, 0.717) is 41.6 Å². The number of methoxy groups -OCH3 is 1. The van der Waals surface area contributed by atoms with Crippen LogP contribution in [-0.4, -0.2) is 47.1 Å². The molecule has 0 unspecified atom stereocenters. The summed E-state index contributed by atoms with van der Waals surface area (Å²) in [6.07, 6.45) is 3.62. The Kier molecular flexibility index (Phi) is 6.13. The molecule has 4 N–H and O–H groups in total. The van der Waals surface area contributed by atoms with Crippen molar-refractivity contribution < 1.29 is 19.4 Å². The molecule has 0 radical (unpaired) electrons. The molecule has 0 bridgehead atoms. The maximum atomic E-state index is 12.3. The quantitative estimate of drug-likeness (QED) is 0.422. The molecule has 32 heavy (non-hydrogen) atoms. The number of aromatic amines is 2. The van der Waals surface area contributed by atoms with Crippen LogP contribution in [0.4, 0.5) is 4.79 Å². The van der Waals surface area contributed by atoms with Crippen LogP contribution in [0.15, 0.2) is 52.9 Å². The molecule has 0 saturated carbocycles. The zero-order chi connectivity index (χ0) is 22.7. The second kappa shape index (κ2) is 9.15. The van der Waals surface area contributed by atoms with Gasteiger partial charge in [-0.3, -0.25) is 0 Å². The number of ether oxygens (including phenoxy) is 2. The summed E-state index contributed by atoms with van der Waals surface area (Å²) in [5, 5.41) is 12.3. The van der Waals surface area contributed by atoms with Crippen molar-refractivity contribution in [3.8, 4) is 5.75 Å². The van der Waals surface area contributed by atoms with E-state index in [1.807, 2.05) is 50.3 Å². The first kappa shape index (κ1) is 21.5. The highest BCUT2D eigenvalue weighted by atomic mass is 16.6. The van der Waals surface area contributed by atoms with Crippen molar-refractivity contribution in [3.63, 3.8) is 0 Å². The summed E-state index contributed by atoms with van der Waals surface area (Å²) in [7, 11) is 1.60. The summed E-state index contributed by atoms with van der Waals surface area (Å²) in [6, 6.07) is 9.64. The van der Waals surface area contributed by atoms with E-state index in [-0.39, 0.29) is 6.61 Å². The molecule has 4 rings (SSSR count). The molecule has 3 aromatic rings. The summed E-state index contributed by atoms with van der Waals surface area (Å²) in [5.74, 6) is 1.00. The number of amides is 1. The van der Waals surface area contributed by atoms with E-state index in [1.54, 1.807) is 7.11 Å². The van der Waals surface area contributed by atoms with Gasteiger partial charge in [-0.15, -0.1) is 0 Å². The number of hydrogen-bond acceptors (Lipinski definition) is 5. The molecule has 0 saturated heterocycles. The van der Waals surface area contributed by atoms with E-state index < -0.39 is 6.09 Å². The van der Waals surface area contributed by atoms with Gasteiger partial charge in [-0.2, -0.15) is 0 Å². The Morgan fingerprint density at radius 1 is 1.25 bits per heavy atom. The molecule has 2 aromatic heterocycles. The lowest BCUT2D eigenvalue weighted by Crippen LogP contribution is -2.28. The lowest BCUT2D eigenvalue weighted by Gasteiger charge is -2.07. The van der Waals surface area contributed by atoms with Crippen molar-refractivity contribution in [2.75, 3.05) is 20.3 Å². The number of fused-ring (bicyclic) bond motifs is 1. The van der Waals surface area contributed by atoms with Crippen LogP contribution in [0.1, 0.15) is 29.1 Å². The number of H-pyrrole nitrogens is 2. The lowest BCUT2D eigenvalue weighted by atomic mass is 10.2. The van der Waals surface area contributed by atoms with Crippen molar-refractivity contribution in [1.82, 2.24) is 15.3 Å². The Bertz CT molecular complexity index is 1250. The number of aliphatic imine (C=N–C) groups is 1. The predicted molar refractivity (Wildman–Crippen MR) is 124 cm³/mol. The highest BCUT2D eigenvalue weighted by Gasteiger charge is 2.24. The second-order valence-corrected chi connectivity index (χ2v) is 7.56. The summed E-state index contributed by atoms with van der Waals surface area (Å²) < 4.78 is 11.2. The second-order valence-electron chi connectivity index (χ2n) is 7.56. The normalized spacial score (nSPS) is 14.6. The lowest BCUT2D eigenvalue weighted by molar-refractivity contribution is 0.199. The Morgan fingerprint density at radius 2 is 2.06 bits per heavy atom. The molecule has 0 atom stereocenters. The maximum Gasteiger partial charge on any atom is 0.412 e. The Labute approximate surface area is 185 Å². The van der Waals surface area contributed by atoms with Crippen LogP contribution in [0.2, 0.25) is 0 Å². The number of aryl methyl sites for hydroxylation is 2. The van der Waals surface area contributed by atoms with Crippen LogP contribution in [0.5, 0.6) is 5.75 Å². The summed E-state index contributed by atoms with van der Waals surface area (Å²) in [6.45, 7) is 4.36. The summed E-state index contributed by atoms with van der Waals surface area (Å²) in [5.41, 5.74) is 5.82. The van der Waals surface area contributed by atoms with Gasteiger partial charge < -0.3 is 29.9 Å². The zero-order valence-electron chi connectivity index (χ0n) is 18.3. The van der Waals surface area contributed by atoms with Crippen LogP contribution in [-0.2, 0) is 4.74 Å². The average Bonchev–Trinajstić information content (AvgIpc) is 3.44. The van der Waals surface area contributed by atoms with Gasteiger partial charge in [-0.25, -0.2) is 9.79 Å². The van der Waals surface area contributed by atoms with E-state index >= 15 is 0 Å². The standard InChI is InChI=1S/C24H26N4O4/c1-14-11-15(2)26-18(14)12-19-21(31-3)13-20(27-19)22-23(32-24(30)25-9-6-10-29)16-7-4-5-8-17(16)28-22/h4-5,7-8,11-13,26,28-29H,6,9-10H2,1-3H3,(H,25,30). The number of carbonyl (C=O) groups excluding carboxylic acids is 1. The molecular weight excluding hydrogens is 408 g/mol. The van der Waals surface area contributed by atoms with E-state index in [2.05, 4.69) is 21.4 Å². The molecule has 166 valence electrons. The van der Waals surface area contributed by atoms with E-state index in [4.69, 9.17) is 19.6 Å². The Morgan fingerprint density at radius 3 is 2.78 bits per heavy atom. The molecule has 0 spiro atoms. The smallest absolute Gasteiger partial charge is 0.412 e. The predicted octanol–water partition coefficient (Wildman–Crippen LogP) is 3.96. The molecular formula is C24H26N4O4. The van der Waals surface area contributed by atoms with Crippen molar-refractivity contribution in [1.29, 1.82) is 0 Å². The fraction of sp³-hybridized carbons (Fsp3) is 0.250. The first-order valence-electron chi connectivity index (χ1n) is 10.4. The third kappa shape index (κ3) is 4.31. The minimum Gasteiger partial charge on any atom is -0.494 e. The SMILES string of the molecule is COC1=CC(c2[nH]c3ccccc3c2OC(=O)NCCCO)=NC1=Cc1[nH]c(C)cc1C. The molecule has 0 aliphatic carbocycles. The number of hydrogen-bond donors (Lipinski definition) is 4. The van der Waals surface area contributed by atoms with E-state index in [1.165, 1.54) is 0 Å². The zero-order valence-corrected chi connectivity index (χ0v) is 18.3. The molecule has 1 aromatic carbocycles. The molecule has 8 nitrogen and oxygen atoms in total. The summed E-state index contributed by atoms with van der Waals surface area (Å²) >= 11 is 0. The van der Waals surface area contributed by atoms with Gasteiger partial charge in [0.2, 0.25) is 0 Å². The number of nitrogens with one attached hydrogen (secondary N) is 3. The van der Waals surface area contributed by atoms with E-state index in [0.717, 1.165) is 27.9 Å². The van der Waals surface area contributed by atoms with Crippen LogP contribution in [0.3, 0.4) is 0 Å². The largest absolute Gasteiger partial charge is 0.494 e. The highest BCUT2D eigenvalue weighted by molar-refractivity contribution is 6.16. The van der Waals surface area contributed by atoms with Gasteiger partial charge in [-0.05, 0) is 50.1 Å². The number of aliphatic hydroxyl groups is 1. The molecule has 1 aliphatic rings. The number of carbonyl (C=O) groups is 1. The number of nitrogens with zero attached hydrogens (tertiary/aromatic N) is 1. The van der Waals surface area contributed by atoms with Gasteiger partial charge in [0.25, 0.3) is 0 Å². The number of aliphatic hydroxyl groups excluding tert-OH is 1. The van der Waals surface area contributed by atoms with Gasteiger partial charge in [0.1, 0.15) is 17.2 Å². The third-order valence-electron chi connectivity index (χ3n) is 5.17. The van der Waals surface area contributed by atoms with Gasteiger partial charge in [0.05, 0.1) is 12.8 Å². The molecule has 8 heteroatoms. The fourth-order valence-electron chi connectivity index (χ4n) is 3.65. The Balaban J connectivity index is 1.73. The number of para-hydroxylation sites is 1. The van der Waals surface area contributed by atoms with Crippen molar-refractivity contribution in [3.05, 3.63) is 70.5 Å². The van der Waals surface area contributed by atoms with E-state index in [9.17, 15) is 4.79 Å². The van der Waals surface area contributed by atoms with Crippen molar-refractivity contribution in [2.24, 2.45) is 4.99 Å². The minimum absolute atomic E-state index is 0.00503. The highest BCUT2D eigenvalue weighted by Crippen LogP contribution is 2.34. The van der Waals surface area contributed by atoms with Crippen LogP contribution in [0, 0.1) is 13.8 Å². The van der Waals surface area contributed by atoms with Gasteiger partial charge in [0.15, 0.2) is 5.75 Å². The fourth-order valence-corrected chi connectivity index (χ4v) is 3.65. The van der Waals surface area contributed by atoms with Gasteiger partial charge in [0, 0.05) is 41.5 Å². The first-order valence-corrected chi connectivity index (χ1v) is 10.4. The maximum absolute atomic E-state index is 12.3. The average molecular weight is 434 g/mol. The molecule has 1 aliphatic heterocycles. The number of aromatic nitrogens is 2. The molecule has 1 amide bonds. The molecule has 3 heterocycles. The number of benzene rings is 1. The Hall–Kier alpha value is -3.78. The van der Waals surface area contributed by atoms with Crippen LogP contribution in [0.25, 0.3) is 17.0 Å². The van der Waals surface area contributed by atoms with Crippen LogP contribution >= 0.6 is 0 Å².